The Hall–Kier alpha value is -1.78. The van der Waals surface area contributed by atoms with Gasteiger partial charge >= 0.3 is 0 Å². The van der Waals surface area contributed by atoms with E-state index in [0.717, 1.165) is 24.0 Å². The van der Waals surface area contributed by atoms with Crippen LogP contribution in [0, 0.1) is 0 Å². The Kier molecular flexibility index (Phi) is 8.02. The minimum atomic E-state index is -0.554. The van der Waals surface area contributed by atoms with Gasteiger partial charge in [-0.1, -0.05) is 74.0 Å². The number of aliphatic hydroxyl groups excluding tert-OH is 1. The Morgan fingerprint density at radius 2 is 1.60 bits per heavy atom. The molecule has 25 heavy (non-hydrogen) atoms. The van der Waals surface area contributed by atoms with Crippen molar-refractivity contribution in [3.05, 3.63) is 71.8 Å². The predicted molar refractivity (Wildman–Crippen MR) is 106 cm³/mol. The monoisotopic (exact) mass is 357 g/mol. The molecule has 134 valence electrons. The van der Waals surface area contributed by atoms with Gasteiger partial charge in [0.05, 0.1) is 17.4 Å². The summed E-state index contributed by atoms with van der Waals surface area (Å²) in [5, 5.41) is 13.2. The molecule has 2 rings (SSSR count). The molecule has 2 aromatic carbocycles. The minimum Gasteiger partial charge on any atom is -0.388 e. The van der Waals surface area contributed by atoms with Crippen LogP contribution < -0.4 is 5.32 Å². The third kappa shape index (κ3) is 6.22. The lowest BCUT2D eigenvalue weighted by Gasteiger charge is -2.21. The topological polar surface area (TPSA) is 49.3 Å². The van der Waals surface area contributed by atoms with Crippen molar-refractivity contribution in [1.82, 2.24) is 5.32 Å². The summed E-state index contributed by atoms with van der Waals surface area (Å²) in [6.45, 7) is 4.02. The Balaban J connectivity index is 1.88. The van der Waals surface area contributed by atoms with Crippen LogP contribution in [-0.4, -0.2) is 22.0 Å². The van der Waals surface area contributed by atoms with Crippen LogP contribution in [0.15, 0.2) is 60.7 Å². The number of rotatable bonds is 9. The first kappa shape index (κ1) is 19.5. The second-order valence-electron chi connectivity index (χ2n) is 6.16. The lowest BCUT2D eigenvalue weighted by atomic mass is 10.0. The molecule has 0 heterocycles. The molecule has 0 aromatic heterocycles. The number of aliphatic hydroxyl groups is 1. The van der Waals surface area contributed by atoms with E-state index in [1.165, 1.54) is 11.8 Å². The number of thioether (sulfide) groups is 1. The number of benzene rings is 2. The Bertz CT molecular complexity index is 633. The molecule has 0 bridgehead atoms. The number of nitrogens with one attached hydrogen (secondary N) is 1. The molecule has 0 aliphatic carbocycles. The minimum absolute atomic E-state index is 0.0209. The van der Waals surface area contributed by atoms with Gasteiger partial charge in [-0.25, -0.2) is 0 Å². The van der Waals surface area contributed by atoms with Gasteiger partial charge in [-0.3, -0.25) is 4.79 Å². The van der Waals surface area contributed by atoms with E-state index >= 15 is 0 Å². The van der Waals surface area contributed by atoms with Crippen molar-refractivity contribution in [3.63, 3.8) is 0 Å². The maximum Gasteiger partial charge on any atom is 0.233 e. The Morgan fingerprint density at radius 1 is 1.04 bits per heavy atom. The third-order valence-corrected chi connectivity index (χ3v) is 5.38. The second kappa shape index (κ2) is 10.3. The van der Waals surface area contributed by atoms with Crippen molar-refractivity contribution in [2.75, 3.05) is 5.75 Å². The standard InChI is InChI=1S/C21H27NO2S/c1-3-10-19(17-11-6-4-7-12-17)22-21(24)16(2)25-15-20(23)18-13-8-5-9-14-18/h4-9,11-14,16,19-20,23H,3,10,15H2,1-2H3,(H,22,24). The van der Waals surface area contributed by atoms with E-state index in [0.29, 0.717) is 5.75 Å². The number of amides is 1. The summed E-state index contributed by atoms with van der Waals surface area (Å²) in [6, 6.07) is 19.7. The smallest absolute Gasteiger partial charge is 0.233 e. The van der Waals surface area contributed by atoms with Crippen LogP contribution in [0.3, 0.4) is 0 Å². The molecule has 0 aliphatic heterocycles. The fraction of sp³-hybridized carbons (Fsp3) is 0.381. The van der Waals surface area contributed by atoms with Gasteiger partial charge in [-0.05, 0) is 24.5 Å². The highest BCUT2D eigenvalue weighted by atomic mass is 32.2. The van der Waals surface area contributed by atoms with Crippen LogP contribution in [0.25, 0.3) is 0 Å². The lowest BCUT2D eigenvalue weighted by molar-refractivity contribution is -0.121. The molecular weight excluding hydrogens is 330 g/mol. The van der Waals surface area contributed by atoms with E-state index in [1.54, 1.807) is 0 Å². The molecule has 2 N–H and O–H groups in total. The number of hydrogen-bond donors (Lipinski definition) is 2. The van der Waals surface area contributed by atoms with E-state index < -0.39 is 6.10 Å². The number of carbonyl (C=O) groups is 1. The zero-order valence-corrected chi connectivity index (χ0v) is 15.7. The largest absolute Gasteiger partial charge is 0.388 e. The van der Waals surface area contributed by atoms with Gasteiger partial charge in [0.15, 0.2) is 0 Å². The molecule has 0 saturated heterocycles. The lowest BCUT2D eigenvalue weighted by Crippen LogP contribution is -2.34. The molecule has 0 saturated carbocycles. The zero-order chi connectivity index (χ0) is 18.1. The molecule has 4 heteroatoms. The maximum atomic E-state index is 12.5. The Labute approximate surface area is 154 Å². The molecule has 1 amide bonds. The summed E-state index contributed by atoms with van der Waals surface area (Å²) in [6.07, 6.45) is 1.37. The fourth-order valence-corrected chi connectivity index (χ4v) is 3.55. The van der Waals surface area contributed by atoms with E-state index in [2.05, 4.69) is 24.4 Å². The van der Waals surface area contributed by atoms with E-state index in [4.69, 9.17) is 0 Å². The first-order valence-electron chi connectivity index (χ1n) is 8.81. The molecule has 0 fully saturated rings. The Morgan fingerprint density at radius 3 is 2.16 bits per heavy atom. The van der Waals surface area contributed by atoms with E-state index in [1.807, 2.05) is 55.5 Å². The molecule has 0 aliphatic rings. The average molecular weight is 358 g/mol. The third-order valence-electron chi connectivity index (χ3n) is 4.15. The first-order valence-corrected chi connectivity index (χ1v) is 9.86. The van der Waals surface area contributed by atoms with Crippen LogP contribution in [0.1, 0.15) is 50.0 Å². The SMILES string of the molecule is CCCC(NC(=O)C(C)SCC(O)c1ccccc1)c1ccccc1. The van der Waals surface area contributed by atoms with E-state index in [-0.39, 0.29) is 17.2 Å². The first-order chi connectivity index (χ1) is 12.1. The van der Waals surface area contributed by atoms with Crippen molar-refractivity contribution in [3.8, 4) is 0 Å². The van der Waals surface area contributed by atoms with Gasteiger partial charge in [-0.15, -0.1) is 11.8 Å². The summed E-state index contributed by atoms with van der Waals surface area (Å²) < 4.78 is 0. The van der Waals surface area contributed by atoms with Gasteiger partial charge in [0.1, 0.15) is 0 Å². The molecule has 2 aromatic rings. The summed E-state index contributed by atoms with van der Waals surface area (Å²) in [5.74, 6) is 0.523. The van der Waals surface area contributed by atoms with Gasteiger partial charge in [0.25, 0.3) is 0 Å². The normalized spacial score (nSPS) is 14.5. The molecule has 3 unspecified atom stereocenters. The molecular formula is C21H27NO2S. The van der Waals surface area contributed by atoms with Gasteiger partial charge in [0.2, 0.25) is 5.91 Å². The highest BCUT2D eigenvalue weighted by molar-refractivity contribution is 8.00. The van der Waals surface area contributed by atoms with Crippen LogP contribution in [-0.2, 0) is 4.79 Å². The van der Waals surface area contributed by atoms with Crippen molar-refractivity contribution >= 4 is 17.7 Å². The fourth-order valence-electron chi connectivity index (χ4n) is 2.67. The molecule has 3 atom stereocenters. The van der Waals surface area contributed by atoms with Crippen LogP contribution in [0.2, 0.25) is 0 Å². The average Bonchev–Trinajstić information content (AvgIpc) is 2.66. The summed E-state index contributed by atoms with van der Waals surface area (Å²) >= 11 is 1.48. The van der Waals surface area contributed by atoms with Gasteiger partial charge in [-0.2, -0.15) is 0 Å². The quantitative estimate of drug-likeness (QED) is 0.695. The molecule has 0 spiro atoms. The van der Waals surface area contributed by atoms with E-state index in [9.17, 15) is 9.90 Å². The van der Waals surface area contributed by atoms with Crippen LogP contribution >= 0.6 is 11.8 Å². The van der Waals surface area contributed by atoms with Crippen molar-refractivity contribution in [1.29, 1.82) is 0 Å². The maximum absolute atomic E-state index is 12.5. The van der Waals surface area contributed by atoms with Gasteiger partial charge < -0.3 is 10.4 Å². The zero-order valence-electron chi connectivity index (χ0n) is 14.9. The summed E-state index contributed by atoms with van der Waals surface area (Å²) in [5.41, 5.74) is 2.02. The van der Waals surface area contributed by atoms with Crippen LogP contribution in [0.4, 0.5) is 0 Å². The van der Waals surface area contributed by atoms with Gasteiger partial charge in [0, 0.05) is 5.75 Å². The predicted octanol–water partition coefficient (Wildman–Crippen LogP) is 4.50. The number of hydrogen-bond acceptors (Lipinski definition) is 3. The van der Waals surface area contributed by atoms with Crippen molar-refractivity contribution < 1.29 is 9.90 Å². The highest BCUT2D eigenvalue weighted by Crippen LogP contribution is 2.23. The summed E-state index contributed by atoms with van der Waals surface area (Å²) in [7, 11) is 0. The second-order valence-corrected chi connectivity index (χ2v) is 7.54. The molecule has 3 nitrogen and oxygen atoms in total. The van der Waals surface area contributed by atoms with Crippen molar-refractivity contribution in [2.24, 2.45) is 0 Å². The summed E-state index contributed by atoms with van der Waals surface area (Å²) in [4.78, 5) is 12.5. The van der Waals surface area contributed by atoms with Crippen LogP contribution in [0.5, 0.6) is 0 Å². The highest BCUT2D eigenvalue weighted by Gasteiger charge is 2.20. The van der Waals surface area contributed by atoms with Crippen molar-refractivity contribution in [2.45, 2.75) is 44.1 Å². The number of carbonyl (C=O) groups excluding carboxylic acids is 1. The molecule has 0 radical (unpaired) electrons.